The Morgan fingerprint density at radius 2 is 0.957 bits per heavy atom. The van der Waals surface area contributed by atoms with Gasteiger partial charge in [-0.2, -0.15) is 0 Å². The Morgan fingerprint density at radius 3 is 1.69 bits per heavy atom. The van der Waals surface area contributed by atoms with Crippen LogP contribution in [0.2, 0.25) is 0 Å². The topological polar surface area (TPSA) is 16.4 Å². The zero-order chi connectivity index (χ0) is 47.9. The van der Waals surface area contributed by atoms with Crippen molar-refractivity contribution in [1.29, 1.82) is 0 Å². The number of hydrogen-bond acceptors (Lipinski definition) is 2. The third-order valence-electron chi connectivity index (χ3n) is 15.1. The molecule has 0 fully saturated rings. The molecule has 2 heteroatoms. The number of fused-ring (bicyclic) bond motifs is 7. The standard InChI is InChI=1S/C68H57NO/c1-66(2,3)48-39-46(40-49(42-48)67(4,5)6)52-29-19-21-44-22-20-30-58(65(44)52)55-27-13-17-33-62(55)69(61-32-16-12-25-51(61)45-35-37-57-56-28-14-18-34-63(56)70-64(57)41-45)50-36-38-54-53-26-11-15-31-59(53)68(7,60(54)43-50)47-23-9-8-10-24-47/h8-43H,1-7H3. The summed E-state index contributed by atoms with van der Waals surface area (Å²) in [5, 5.41) is 4.70. The molecule has 1 aliphatic rings. The molecule has 0 N–H and O–H groups in total. The molecule has 70 heavy (non-hydrogen) atoms. The van der Waals surface area contributed by atoms with Gasteiger partial charge in [0.25, 0.3) is 0 Å². The van der Waals surface area contributed by atoms with E-state index in [1.807, 2.05) is 6.07 Å². The van der Waals surface area contributed by atoms with Crippen molar-refractivity contribution in [1.82, 2.24) is 0 Å². The van der Waals surface area contributed by atoms with Crippen molar-refractivity contribution in [2.75, 3.05) is 4.90 Å². The first-order valence-corrected chi connectivity index (χ1v) is 24.7. The van der Waals surface area contributed by atoms with Crippen molar-refractivity contribution in [3.05, 3.63) is 246 Å². The fourth-order valence-electron chi connectivity index (χ4n) is 11.3. The van der Waals surface area contributed by atoms with Gasteiger partial charge in [-0.15, -0.1) is 0 Å². The predicted molar refractivity (Wildman–Crippen MR) is 297 cm³/mol. The van der Waals surface area contributed by atoms with Crippen LogP contribution in [-0.4, -0.2) is 0 Å². The lowest BCUT2D eigenvalue weighted by molar-refractivity contribution is 0.569. The van der Waals surface area contributed by atoms with Gasteiger partial charge in [-0.25, -0.2) is 0 Å². The second kappa shape index (κ2) is 16.4. The summed E-state index contributed by atoms with van der Waals surface area (Å²) in [5.74, 6) is 0. The molecule has 1 aromatic heterocycles. The number of nitrogens with zero attached hydrogens (tertiary/aromatic N) is 1. The Hall–Kier alpha value is -7.94. The first-order valence-electron chi connectivity index (χ1n) is 24.7. The molecular formula is C68H57NO. The summed E-state index contributed by atoms with van der Waals surface area (Å²) >= 11 is 0. The Labute approximate surface area is 412 Å². The van der Waals surface area contributed by atoms with E-state index in [9.17, 15) is 0 Å². The van der Waals surface area contributed by atoms with Crippen molar-refractivity contribution in [2.24, 2.45) is 0 Å². The summed E-state index contributed by atoms with van der Waals surface area (Å²) in [5.41, 5.74) is 20.8. The van der Waals surface area contributed by atoms with Crippen molar-refractivity contribution >= 4 is 49.8 Å². The molecule has 12 rings (SSSR count). The largest absolute Gasteiger partial charge is 0.456 e. The number of rotatable bonds is 7. The van der Waals surface area contributed by atoms with Crippen LogP contribution in [0.1, 0.15) is 76.3 Å². The van der Waals surface area contributed by atoms with Gasteiger partial charge >= 0.3 is 0 Å². The maximum Gasteiger partial charge on any atom is 0.136 e. The van der Waals surface area contributed by atoms with Crippen LogP contribution in [-0.2, 0) is 16.2 Å². The van der Waals surface area contributed by atoms with E-state index in [-0.39, 0.29) is 16.2 Å². The molecule has 0 bridgehead atoms. The quantitative estimate of drug-likeness (QED) is 0.158. The van der Waals surface area contributed by atoms with Crippen LogP contribution >= 0.6 is 0 Å². The maximum absolute atomic E-state index is 6.53. The maximum atomic E-state index is 6.53. The number of furan rings is 1. The molecule has 0 saturated carbocycles. The van der Waals surface area contributed by atoms with E-state index < -0.39 is 0 Å². The predicted octanol–water partition coefficient (Wildman–Crippen LogP) is 19.1. The highest BCUT2D eigenvalue weighted by molar-refractivity contribution is 6.10. The normalized spacial score (nSPS) is 14.6. The third kappa shape index (κ3) is 7.08. The minimum atomic E-state index is -0.377. The summed E-state index contributed by atoms with van der Waals surface area (Å²) in [6.07, 6.45) is 0. The smallest absolute Gasteiger partial charge is 0.136 e. The van der Waals surface area contributed by atoms with E-state index >= 15 is 0 Å². The summed E-state index contributed by atoms with van der Waals surface area (Å²) in [6.45, 7) is 16.3. The minimum absolute atomic E-state index is 0.0212. The zero-order valence-electron chi connectivity index (χ0n) is 41.1. The molecule has 0 aliphatic heterocycles. The Balaban J connectivity index is 1.12. The molecule has 0 spiro atoms. The van der Waals surface area contributed by atoms with E-state index in [1.165, 1.54) is 66.4 Å². The monoisotopic (exact) mass is 903 g/mol. The molecule has 0 amide bonds. The Morgan fingerprint density at radius 1 is 0.386 bits per heavy atom. The summed E-state index contributed by atoms with van der Waals surface area (Å²) in [6, 6.07) is 81.0. The Bertz CT molecular complexity index is 3780. The number of anilines is 3. The number of hydrogen-bond donors (Lipinski definition) is 0. The molecule has 0 radical (unpaired) electrons. The third-order valence-corrected chi connectivity index (χ3v) is 15.1. The van der Waals surface area contributed by atoms with Gasteiger partial charge in [0.1, 0.15) is 11.2 Å². The van der Waals surface area contributed by atoms with Crippen LogP contribution in [0.4, 0.5) is 17.1 Å². The second-order valence-corrected chi connectivity index (χ2v) is 21.5. The van der Waals surface area contributed by atoms with Crippen LogP contribution in [0.25, 0.3) is 77.2 Å². The van der Waals surface area contributed by atoms with Crippen LogP contribution in [0.15, 0.2) is 223 Å². The highest BCUT2D eigenvalue weighted by Crippen LogP contribution is 2.55. The molecule has 340 valence electrons. The lowest BCUT2D eigenvalue weighted by atomic mass is 9.74. The first kappa shape index (κ1) is 43.3. The highest BCUT2D eigenvalue weighted by Gasteiger charge is 2.41. The SMILES string of the molecule is CC(C)(C)c1cc(-c2cccc3cccc(-c4ccccc4N(c4ccc5c(c4)C(C)(c4ccccc4)c4ccccc4-5)c4ccccc4-c4ccc5c(c4)oc4ccccc45)c23)cc(C(C)(C)C)c1. The molecule has 1 unspecified atom stereocenters. The molecule has 2 nitrogen and oxygen atoms in total. The first-order chi connectivity index (χ1) is 33.9. The fourth-order valence-corrected chi connectivity index (χ4v) is 11.3. The van der Waals surface area contributed by atoms with Gasteiger partial charge in [0.15, 0.2) is 0 Å². The molecule has 1 heterocycles. The van der Waals surface area contributed by atoms with Crippen molar-refractivity contribution in [2.45, 2.75) is 64.7 Å². The van der Waals surface area contributed by atoms with Crippen LogP contribution < -0.4 is 4.90 Å². The van der Waals surface area contributed by atoms with Gasteiger partial charge in [0, 0.05) is 33.0 Å². The molecule has 11 aromatic rings. The van der Waals surface area contributed by atoms with E-state index in [2.05, 4.69) is 266 Å². The van der Waals surface area contributed by atoms with E-state index in [0.717, 1.165) is 55.7 Å². The van der Waals surface area contributed by atoms with E-state index in [4.69, 9.17) is 4.42 Å². The van der Waals surface area contributed by atoms with Crippen LogP contribution in [0, 0.1) is 0 Å². The Kier molecular flexibility index (Phi) is 10.1. The average Bonchev–Trinajstić information content (AvgIpc) is 3.88. The van der Waals surface area contributed by atoms with Gasteiger partial charge in [-0.1, -0.05) is 217 Å². The van der Waals surface area contributed by atoms with Gasteiger partial charge in [-0.05, 0) is 132 Å². The number of para-hydroxylation sites is 3. The van der Waals surface area contributed by atoms with Gasteiger partial charge in [-0.3, -0.25) is 0 Å². The average molecular weight is 904 g/mol. The lowest BCUT2D eigenvalue weighted by Crippen LogP contribution is -2.23. The highest BCUT2D eigenvalue weighted by atomic mass is 16.3. The van der Waals surface area contributed by atoms with E-state index in [1.54, 1.807) is 0 Å². The molecule has 1 aliphatic carbocycles. The van der Waals surface area contributed by atoms with Crippen LogP contribution in [0.5, 0.6) is 0 Å². The van der Waals surface area contributed by atoms with E-state index in [0.29, 0.717) is 0 Å². The lowest BCUT2D eigenvalue weighted by Gasteiger charge is -2.32. The minimum Gasteiger partial charge on any atom is -0.456 e. The summed E-state index contributed by atoms with van der Waals surface area (Å²) in [7, 11) is 0. The zero-order valence-corrected chi connectivity index (χ0v) is 41.1. The molecule has 0 saturated heterocycles. The molecular weight excluding hydrogens is 847 g/mol. The number of benzene rings is 10. The van der Waals surface area contributed by atoms with Crippen molar-refractivity contribution < 1.29 is 4.42 Å². The van der Waals surface area contributed by atoms with Gasteiger partial charge < -0.3 is 9.32 Å². The summed E-state index contributed by atoms with van der Waals surface area (Å²) < 4.78 is 6.53. The van der Waals surface area contributed by atoms with Crippen LogP contribution in [0.3, 0.4) is 0 Å². The molecule has 1 atom stereocenters. The fraction of sp³-hybridized carbons (Fsp3) is 0.147. The van der Waals surface area contributed by atoms with Gasteiger partial charge in [0.2, 0.25) is 0 Å². The van der Waals surface area contributed by atoms with Crippen molar-refractivity contribution in [3.63, 3.8) is 0 Å². The summed E-state index contributed by atoms with van der Waals surface area (Å²) in [4.78, 5) is 2.52. The van der Waals surface area contributed by atoms with Gasteiger partial charge in [0.05, 0.1) is 11.4 Å². The van der Waals surface area contributed by atoms with Crippen molar-refractivity contribution in [3.8, 4) is 44.5 Å². The second-order valence-electron chi connectivity index (χ2n) is 21.5. The molecule has 10 aromatic carbocycles.